The molecule has 0 unspecified atom stereocenters. The number of benzene rings is 6. The normalized spacial score (nSPS) is 11.9. The third-order valence-electron chi connectivity index (χ3n) is 7.88. The van der Waals surface area contributed by atoms with Crippen molar-refractivity contribution in [2.24, 2.45) is 9.98 Å². The van der Waals surface area contributed by atoms with Crippen LogP contribution in [0.1, 0.15) is 19.3 Å². The minimum Gasteiger partial charge on any atom is -0.340 e. The van der Waals surface area contributed by atoms with Gasteiger partial charge in [-0.1, -0.05) is 158 Å². The molecule has 0 fully saturated rings. The van der Waals surface area contributed by atoms with Crippen molar-refractivity contribution in [1.29, 1.82) is 0 Å². The van der Waals surface area contributed by atoms with Crippen molar-refractivity contribution in [1.82, 2.24) is 0 Å². The van der Waals surface area contributed by atoms with E-state index in [0.29, 0.717) is 0 Å². The summed E-state index contributed by atoms with van der Waals surface area (Å²) < 4.78 is 0. The number of aliphatic imine (C=N–C) groups is 2. The van der Waals surface area contributed by atoms with Crippen molar-refractivity contribution in [3.63, 3.8) is 0 Å². The van der Waals surface area contributed by atoms with Crippen LogP contribution in [-0.4, -0.2) is 24.2 Å². The molecule has 49 heavy (non-hydrogen) atoms. The molecule has 0 heterocycles. The van der Waals surface area contributed by atoms with Crippen LogP contribution in [0.25, 0.3) is 0 Å². The summed E-state index contributed by atoms with van der Waals surface area (Å²) in [6.45, 7) is 1.51. The Morgan fingerprint density at radius 3 is 0.898 bits per heavy atom. The topological polar surface area (TPSA) is 48.8 Å². The molecule has 0 bridgehead atoms. The zero-order valence-corrected chi connectivity index (χ0v) is 29.4. The van der Waals surface area contributed by atoms with Crippen LogP contribution < -0.4 is 31.9 Å². The van der Waals surface area contributed by atoms with Gasteiger partial charge in [-0.2, -0.15) is 0 Å². The molecule has 0 amide bonds. The molecule has 6 heteroatoms. The summed E-state index contributed by atoms with van der Waals surface area (Å²) in [6, 6.07) is 63.9. The Hall–Kier alpha value is -4.88. The Morgan fingerprint density at radius 1 is 0.347 bits per heavy atom. The summed E-state index contributed by atoms with van der Waals surface area (Å²) in [5.74, 6) is 0. The highest BCUT2D eigenvalue weighted by atomic mass is 31.1. The van der Waals surface area contributed by atoms with Gasteiger partial charge in [0.15, 0.2) is 0 Å². The molecule has 0 saturated heterocycles. The van der Waals surface area contributed by atoms with Gasteiger partial charge in [-0.05, 0) is 64.7 Å². The predicted octanol–water partition coefficient (Wildman–Crippen LogP) is 9.36. The van der Waals surface area contributed by atoms with Gasteiger partial charge in [0.2, 0.25) is 0 Å². The number of rotatable bonds is 14. The van der Waals surface area contributed by atoms with E-state index in [1.165, 1.54) is 21.2 Å². The van der Waals surface area contributed by atoms with Gasteiger partial charge in [0.1, 0.15) is 11.2 Å². The summed E-state index contributed by atoms with van der Waals surface area (Å²) in [4.78, 5) is 10.5. The molecule has 0 spiro atoms. The van der Waals surface area contributed by atoms with Gasteiger partial charge in [0.05, 0.1) is 0 Å². The van der Waals surface area contributed by atoms with Crippen molar-refractivity contribution in [3.05, 3.63) is 182 Å². The molecule has 2 N–H and O–H groups in total. The zero-order valence-electron chi connectivity index (χ0n) is 27.6. The lowest BCUT2D eigenvalue weighted by Gasteiger charge is -2.22. The lowest BCUT2D eigenvalue weighted by molar-refractivity contribution is 0.697. The first kappa shape index (κ1) is 34.0. The molecule has 4 nitrogen and oxygen atoms in total. The molecule has 0 aliphatic heterocycles. The van der Waals surface area contributed by atoms with Gasteiger partial charge in [0, 0.05) is 40.3 Å². The zero-order chi connectivity index (χ0) is 33.4. The van der Waals surface area contributed by atoms with Crippen LogP contribution in [0.15, 0.2) is 192 Å². The molecular weight excluding hydrogens is 634 g/mol. The molecule has 6 aromatic rings. The van der Waals surface area contributed by atoms with Gasteiger partial charge >= 0.3 is 0 Å². The van der Waals surface area contributed by atoms with Crippen LogP contribution in [0, 0.1) is 0 Å². The van der Waals surface area contributed by atoms with Crippen LogP contribution in [0.5, 0.6) is 0 Å². The SMILES string of the molecule is c1ccc(NC(=NCCCCCN=C(Nc2ccccc2)P(c2ccccc2)c2ccccc2)P(c2ccccc2)c2ccccc2)cc1. The number of amidine groups is 2. The fourth-order valence-corrected chi connectivity index (χ4v) is 9.92. The average Bonchev–Trinajstić information content (AvgIpc) is 3.17. The molecule has 244 valence electrons. The van der Waals surface area contributed by atoms with Crippen molar-refractivity contribution in [2.75, 3.05) is 23.7 Å². The number of nitrogens with one attached hydrogen (secondary N) is 2. The van der Waals surface area contributed by atoms with E-state index >= 15 is 0 Å². The fourth-order valence-electron chi connectivity index (χ4n) is 5.50. The fraction of sp³-hybridized carbons (Fsp3) is 0.116. The van der Waals surface area contributed by atoms with Gasteiger partial charge in [-0.15, -0.1) is 0 Å². The Morgan fingerprint density at radius 2 is 0.612 bits per heavy atom. The molecule has 6 rings (SSSR count). The van der Waals surface area contributed by atoms with E-state index in [1.54, 1.807) is 0 Å². The molecule has 0 aliphatic rings. The third kappa shape index (κ3) is 10.1. The minimum atomic E-state index is -0.840. The molecular formula is C43H42N4P2. The summed E-state index contributed by atoms with van der Waals surface area (Å²) in [5.41, 5.74) is 4.17. The van der Waals surface area contributed by atoms with E-state index in [1.807, 2.05) is 12.1 Å². The smallest absolute Gasteiger partial charge is 0.133 e. The quantitative estimate of drug-likeness (QED) is 0.0523. The second-order valence-corrected chi connectivity index (χ2v) is 15.7. The first-order chi connectivity index (χ1) is 24.3. The van der Waals surface area contributed by atoms with Crippen molar-refractivity contribution >= 4 is 59.6 Å². The Kier molecular flexibility index (Phi) is 12.9. The van der Waals surface area contributed by atoms with E-state index in [2.05, 4.69) is 180 Å². The number of hydrogen-bond acceptors (Lipinski definition) is 2. The van der Waals surface area contributed by atoms with E-state index in [0.717, 1.165) is 54.9 Å². The van der Waals surface area contributed by atoms with E-state index in [4.69, 9.17) is 9.98 Å². The molecule has 0 aliphatic carbocycles. The summed E-state index contributed by atoms with van der Waals surface area (Å²) >= 11 is 0. The maximum absolute atomic E-state index is 5.26. The predicted molar refractivity (Wildman–Crippen MR) is 217 cm³/mol. The van der Waals surface area contributed by atoms with E-state index < -0.39 is 15.8 Å². The van der Waals surface area contributed by atoms with Crippen LogP contribution in [0.3, 0.4) is 0 Å². The second kappa shape index (κ2) is 18.6. The third-order valence-corrected chi connectivity index (χ3v) is 12.5. The Bertz CT molecular complexity index is 1650. The highest BCUT2D eigenvalue weighted by Gasteiger charge is 2.22. The number of unbranched alkanes of at least 4 members (excludes halogenated alkanes) is 2. The lowest BCUT2D eigenvalue weighted by atomic mass is 10.2. The van der Waals surface area contributed by atoms with Gasteiger partial charge in [0.25, 0.3) is 0 Å². The number of para-hydroxylation sites is 2. The van der Waals surface area contributed by atoms with Crippen LogP contribution in [0.4, 0.5) is 11.4 Å². The van der Waals surface area contributed by atoms with Gasteiger partial charge in [-0.25, -0.2) is 0 Å². The van der Waals surface area contributed by atoms with E-state index in [-0.39, 0.29) is 0 Å². The summed E-state index contributed by atoms with van der Waals surface area (Å²) in [5, 5.41) is 12.6. The van der Waals surface area contributed by atoms with Gasteiger partial charge in [-0.3, -0.25) is 9.98 Å². The maximum atomic E-state index is 5.26. The highest BCUT2D eigenvalue weighted by Crippen LogP contribution is 2.37. The molecule has 6 aromatic carbocycles. The monoisotopic (exact) mass is 676 g/mol. The standard InChI is InChI=1S/C43H42N4P2/c1-8-22-36(23-9-1)46-42(48(38-26-12-3-13-27-38)39-28-14-4-15-29-39)44-34-20-7-21-35-45-43(47-37-24-10-2-11-25-37)49(40-30-16-5-17-31-40)41-32-18-6-19-33-41/h1-6,8-19,22-33H,7,20-21,34-35H2,(H,44,46)(H,45,47). The highest BCUT2D eigenvalue weighted by molar-refractivity contribution is 7.88. The number of hydrogen-bond donors (Lipinski definition) is 2. The molecule has 0 atom stereocenters. The van der Waals surface area contributed by atoms with Crippen molar-refractivity contribution < 1.29 is 0 Å². The van der Waals surface area contributed by atoms with Crippen LogP contribution >= 0.6 is 15.8 Å². The molecule has 0 radical (unpaired) electrons. The summed E-state index contributed by atoms with van der Waals surface area (Å²) in [7, 11) is -1.68. The Labute approximate surface area is 293 Å². The minimum absolute atomic E-state index is 0.757. The van der Waals surface area contributed by atoms with Crippen molar-refractivity contribution in [3.8, 4) is 0 Å². The van der Waals surface area contributed by atoms with Gasteiger partial charge < -0.3 is 10.6 Å². The first-order valence-electron chi connectivity index (χ1n) is 16.9. The molecule has 0 aromatic heterocycles. The van der Waals surface area contributed by atoms with Crippen LogP contribution in [0.2, 0.25) is 0 Å². The second-order valence-electron chi connectivity index (χ2n) is 11.5. The Balaban J connectivity index is 1.18. The average molecular weight is 677 g/mol. The lowest BCUT2D eigenvalue weighted by Crippen LogP contribution is -2.24. The maximum Gasteiger partial charge on any atom is 0.133 e. The number of anilines is 2. The molecule has 0 saturated carbocycles. The number of nitrogens with zero attached hydrogens (tertiary/aromatic N) is 2. The first-order valence-corrected chi connectivity index (χ1v) is 19.6. The van der Waals surface area contributed by atoms with Crippen LogP contribution in [-0.2, 0) is 0 Å². The largest absolute Gasteiger partial charge is 0.340 e. The van der Waals surface area contributed by atoms with E-state index in [9.17, 15) is 0 Å². The van der Waals surface area contributed by atoms with Crippen molar-refractivity contribution in [2.45, 2.75) is 19.3 Å². The summed E-state index contributed by atoms with van der Waals surface area (Å²) in [6.07, 6.45) is 3.04.